The number of aromatic nitrogens is 2. The van der Waals surface area contributed by atoms with Gasteiger partial charge in [-0.05, 0) is 48.9 Å². The van der Waals surface area contributed by atoms with Crippen LogP contribution in [0.2, 0.25) is 0 Å². The average Bonchev–Trinajstić information content (AvgIpc) is 2.82. The summed E-state index contributed by atoms with van der Waals surface area (Å²) in [6, 6.07) is 14.2. The zero-order chi connectivity index (χ0) is 18.3. The van der Waals surface area contributed by atoms with Crippen LogP contribution in [0.1, 0.15) is 22.1 Å². The molecule has 4 nitrogen and oxygen atoms in total. The van der Waals surface area contributed by atoms with Gasteiger partial charge in [0.1, 0.15) is 11.6 Å². The van der Waals surface area contributed by atoms with Crippen molar-refractivity contribution in [1.82, 2.24) is 9.78 Å². The molecule has 1 atom stereocenters. The third kappa shape index (κ3) is 3.17. The molecule has 0 saturated heterocycles. The molecule has 1 aliphatic rings. The van der Waals surface area contributed by atoms with E-state index in [0.29, 0.717) is 17.3 Å². The van der Waals surface area contributed by atoms with Gasteiger partial charge >= 0.3 is 0 Å². The van der Waals surface area contributed by atoms with Crippen LogP contribution in [0.15, 0.2) is 53.0 Å². The van der Waals surface area contributed by atoms with Crippen molar-refractivity contribution in [2.45, 2.75) is 12.2 Å². The minimum Gasteiger partial charge on any atom is -0.310 e. The van der Waals surface area contributed by atoms with Gasteiger partial charge in [-0.25, -0.2) is 9.07 Å². The largest absolute Gasteiger partial charge is 0.310 e. The van der Waals surface area contributed by atoms with E-state index >= 15 is 0 Å². The van der Waals surface area contributed by atoms with E-state index in [1.54, 1.807) is 28.6 Å². The molecule has 0 radical (unpaired) electrons. The van der Waals surface area contributed by atoms with Crippen LogP contribution in [0.4, 0.5) is 10.2 Å². The Morgan fingerprint density at radius 1 is 1.27 bits per heavy atom. The van der Waals surface area contributed by atoms with Gasteiger partial charge in [-0.3, -0.25) is 4.79 Å². The lowest BCUT2D eigenvalue weighted by atomic mass is 10.0. The summed E-state index contributed by atoms with van der Waals surface area (Å²) in [7, 11) is 0. The van der Waals surface area contributed by atoms with Gasteiger partial charge in [0.05, 0.1) is 22.4 Å². The highest BCUT2D eigenvalue weighted by molar-refractivity contribution is 9.10. The summed E-state index contributed by atoms with van der Waals surface area (Å²) in [5, 5.41) is 7.58. The molecule has 2 heterocycles. The van der Waals surface area contributed by atoms with Crippen LogP contribution < -0.4 is 5.32 Å². The maximum atomic E-state index is 13.3. The maximum Gasteiger partial charge on any atom is 0.235 e. The zero-order valence-corrected chi connectivity index (χ0v) is 16.3. The summed E-state index contributed by atoms with van der Waals surface area (Å²) >= 11 is 5.09. The second-order valence-electron chi connectivity index (χ2n) is 6.03. The van der Waals surface area contributed by atoms with E-state index in [-0.39, 0.29) is 17.0 Å². The van der Waals surface area contributed by atoms with Gasteiger partial charge in [0.15, 0.2) is 0 Å². The number of amides is 1. The Morgan fingerprint density at radius 2 is 2.04 bits per heavy atom. The monoisotopic (exact) mass is 431 g/mol. The number of nitrogens with zero attached hydrogens (tertiary/aromatic N) is 2. The Kier molecular flexibility index (Phi) is 4.58. The summed E-state index contributed by atoms with van der Waals surface area (Å²) in [5.41, 5.74) is 3.62. The number of thioether (sulfide) groups is 1. The highest BCUT2D eigenvalue weighted by Gasteiger charge is 2.30. The molecule has 0 fully saturated rings. The van der Waals surface area contributed by atoms with Crippen molar-refractivity contribution in [3.05, 3.63) is 75.6 Å². The van der Waals surface area contributed by atoms with E-state index in [4.69, 9.17) is 0 Å². The molecule has 0 bridgehead atoms. The summed E-state index contributed by atoms with van der Waals surface area (Å²) < 4.78 is 16.0. The molecule has 1 aromatic heterocycles. The quantitative estimate of drug-likeness (QED) is 0.630. The van der Waals surface area contributed by atoms with E-state index in [1.807, 2.05) is 19.1 Å². The van der Waals surface area contributed by atoms with Gasteiger partial charge in [-0.2, -0.15) is 5.10 Å². The highest BCUT2D eigenvalue weighted by Crippen LogP contribution is 2.44. The normalized spacial score (nSPS) is 16.7. The van der Waals surface area contributed by atoms with Gasteiger partial charge in [0.25, 0.3) is 0 Å². The molecule has 0 saturated carbocycles. The predicted molar refractivity (Wildman–Crippen MR) is 105 cm³/mol. The number of fused-ring (bicyclic) bond motifs is 1. The first kappa shape index (κ1) is 17.3. The fraction of sp³-hybridized carbons (Fsp3) is 0.158. The van der Waals surface area contributed by atoms with Crippen LogP contribution in [0, 0.1) is 12.7 Å². The van der Waals surface area contributed by atoms with Crippen molar-refractivity contribution in [2.24, 2.45) is 0 Å². The molecule has 1 N–H and O–H groups in total. The Morgan fingerprint density at radius 3 is 2.77 bits per heavy atom. The SMILES string of the molecule is Cc1nn(-c2ccc(F)cc2)c2c1C(c1cccc(Br)c1)SCC(=O)N2. The summed E-state index contributed by atoms with van der Waals surface area (Å²) in [4.78, 5) is 12.3. The Hall–Kier alpha value is -2.12. The standard InChI is InChI=1S/C19H15BrFN3OS/c1-11-17-18(12-3-2-4-13(20)9-12)26-10-16(25)22-19(17)24(23-11)15-7-5-14(21)6-8-15/h2-9,18H,10H2,1H3,(H,22,25). The Bertz CT molecular complexity index is 987. The van der Waals surface area contributed by atoms with Crippen LogP contribution in [0.5, 0.6) is 0 Å². The Labute approximate surface area is 162 Å². The van der Waals surface area contributed by atoms with E-state index in [2.05, 4.69) is 38.5 Å². The first-order valence-electron chi connectivity index (χ1n) is 8.05. The molecular formula is C19H15BrFN3OS. The fourth-order valence-electron chi connectivity index (χ4n) is 3.09. The van der Waals surface area contributed by atoms with Gasteiger partial charge in [0, 0.05) is 10.0 Å². The lowest BCUT2D eigenvalue weighted by Gasteiger charge is -2.15. The number of nitrogens with one attached hydrogen (secondary N) is 1. The molecule has 1 amide bonds. The van der Waals surface area contributed by atoms with E-state index in [0.717, 1.165) is 21.3 Å². The predicted octanol–water partition coefficient (Wildman–Crippen LogP) is 4.86. The Balaban J connectivity index is 1.89. The minimum atomic E-state index is -0.310. The molecule has 0 spiro atoms. The molecule has 4 rings (SSSR count). The summed E-state index contributed by atoms with van der Waals surface area (Å²) in [5.74, 6) is 0.621. The van der Waals surface area contributed by atoms with Crippen molar-refractivity contribution in [3.8, 4) is 5.69 Å². The number of hydrogen-bond donors (Lipinski definition) is 1. The van der Waals surface area contributed by atoms with E-state index in [9.17, 15) is 9.18 Å². The second kappa shape index (κ2) is 6.89. The molecule has 7 heteroatoms. The molecule has 1 unspecified atom stereocenters. The van der Waals surface area contributed by atoms with Crippen LogP contribution >= 0.6 is 27.7 Å². The third-order valence-electron chi connectivity index (χ3n) is 4.23. The smallest absolute Gasteiger partial charge is 0.235 e. The molecular weight excluding hydrogens is 417 g/mol. The topological polar surface area (TPSA) is 46.9 Å². The van der Waals surface area contributed by atoms with E-state index in [1.165, 1.54) is 12.1 Å². The fourth-order valence-corrected chi connectivity index (χ4v) is 4.68. The number of benzene rings is 2. The molecule has 0 aliphatic carbocycles. The number of hydrogen-bond acceptors (Lipinski definition) is 3. The molecule has 132 valence electrons. The van der Waals surface area contributed by atoms with Gasteiger partial charge < -0.3 is 5.32 Å². The van der Waals surface area contributed by atoms with E-state index < -0.39 is 0 Å². The minimum absolute atomic E-state index is 0.0179. The lowest BCUT2D eigenvalue weighted by molar-refractivity contribution is -0.113. The first-order chi connectivity index (χ1) is 12.5. The van der Waals surface area contributed by atoms with Crippen LogP contribution in [0.3, 0.4) is 0 Å². The number of carbonyl (C=O) groups excluding carboxylic acids is 1. The van der Waals surface area contributed by atoms with Crippen LogP contribution in [-0.4, -0.2) is 21.4 Å². The second-order valence-corrected chi connectivity index (χ2v) is 8.04. The highest BCUT2D eigenvalue weighted by atomic mass is 79.9. The van der Waals surface area contributed by atoms with Crippen molar-refractivity contribution >= 4 is 39.4 Å². The number of carbonyl (C=O) groups is 1. The molecule has 1 aliphatic heterocycles. The number of halogens is 2. The summed E-state index contributed by atoms with van der Waals surface area (Å²) in [6.45, 7) is 1.93. The van der Waals surface area contributed by atoms with Crippen molar-refractivity contribution < 1.29 is 9.18 Å². The summed E-state index contributed by atoms with van der Waals surface area (Å²) in [6.07, 6.45) is 0. The average molecular weight is 432 g/mol. The van der Waals surface area contributed by atoms with Crippen LogP contribution in [-0.2, 0) is 4.79 Å². The number of aryl methyl sites for hydroxylation is 1. The number of anilines is 1. The zero-order valence-electron chi connectivity index (χ0n) is 13.9. The van der Waals surface area contributed by atoms with Gasteiger partial charge in [-0.15, -0.1) is 11.8 Å². The third-order valence-corrected chi connectivity index (χ3v) is 5.99. The molecule has 26 heavy (non-hydrogen) atoms. The molecule has 3 aromatic rings. The first-order valence-corrected chi connectivity index (χ1v) is 9.89. The van der Waals surface area contributed by atoms with Crippen molar-refractivity contribution in [3.63, 3.8) is 0 Å². The van der Waals surface area contributed by atoms with Crippen LogP contribution in [0.25, 0.3) is 5.69 Å². The lowest BCUT2D eigenvalue weighted by Crippen LogP contribution is -2.15. The van der Waals surface area contributed by atoms with Gasteiger partial charge in [0.2, 0.25) is 5.91 Å². The number of rotatable bonds is 2. The van der Waals surface area contributed by atoms with Crippen molar-refractivity contribution in [1.29, 1.82) is 0 Å². The maximum absolute atomic E-state index is 13.3. The van der Waals surface area contributed by atoms with Crippen molar-refractivity contribution in [2.75, 3.05) is 11.1 Å². The molecule has 2 aromatic carbocycles. The van der Waals surface area contributed by atoms with Gasteiger partial charge in [-0.1, -0.05) is 28.1 Å².